The number of anilines is 3. The van der Waals surface area contributed by atoms with Crippen LogP contribution in [0.5, 0.6) is 5.75 Å². The zero-order chi connectivity index (χ0) is 21.7. The molecular formula is C23H21N3O5. The van der Waals surface area contributed by atoms with Crippen molar-refractivity contribution in [3.05, 3.63) is 64.7 Å². The average Bonchev–Trinajstić information content (AvgIpc) is 3.44. The van der Waals surface area contributed by atoms with E-state index in [9.17, 15) is 19.7 Å². The summed E-state index contributed by atoms with van der Waals surface area (Å²) >= 11 is 0. The molecule has 1 N–H and O–H groups in total. The lowest BCUT2D eigenvalue weighted by Crippen LogP contribution is -2.32. The minimum absolute atomic E-state index is 0.0898. The van der Waals surface area contributed by atoms with Gasteiger partial charge in [0.1, 0.15) is 11.4 Å². The molecule has 2 bridgehead atoms. The molecule has 0 aromatic heterocycles. The third-order valence-corrected chi connectivity index (χ3v) is 6.35. The molecule has 2 aliphatic carbocycles. The van der Waals surface area contributed by atoms with Crippen LogP contribution in [0.25, 0.3) is 0 Å². The van der Waals surface area contributed by atoms with E-state index in [0.29, 0.717) is 18.0 Å². The molecule has 4 atom stereocenters. The molecular weight excluding hydrogens is 398 g/mol. The van der Waals surface area contributed by atoms with E-state index in [0.717, 1.165) is 11.3 Å². The van der Waals surface area contributed by atoms with Crippen molar-refractivity contribution >= 4 is 34.6 Å². The maximum Gasteiger partial charge on any atom is 0.294 e. The van der Waals surface area contributed by atoms with Gasteiger partial charge in [0.05, 0.1) is 29.1 Å². The van der Waals surface area contributed by atoms with Crippen LogP contribution >= 0.6 is 0 Å². The van der Waals surface area contributed by atoms with E-state index in [2.05, 4.69) is 5.32 Å². The Bertz CT molecular complexity index is 1080. The van der Waals surface area contributed by atoms with Crippen molar-refractivity contribution in [1.29, 1.82) is 0 Å². The largest absolute Gasteiger partial charge is 0.494 e. The van der Waals surface area contributed by atoms with E-state index in [1.54, 1.807) is 30.3 Å². The van der Waals surface area contributed by atoms with Gasteiger partial charge < -0.3 is 10.1 Å². The van der Waals surface area contributed by atoms with Crippen molar-refractivity contribution in [3.8, 4) is 5.75 Å². The standard InChI is InChI=1S/C23H21N3O5/c1-2-31-17-8-5-15(6-9-17)24-18-10-7-16(12-19(18)26(29)30)25-22(27)20-13-3-4-14(11-13)21(20)23(25)28/h3-10,12-14,20-21,24H,2,11H2,1H3/t13-,14-,20+,21+/m0/s1. The Morgan fingerprint density at radius 2 is 1.71 bits per heavy atom. The molecule has 31 heavy (non-hydrogen) atoms. The zero-order valence-corrected chi connectivity index (χ0v) is 16.9. The molecule has 1 aliphatic heterocycles. The molecule has 2 aromatic rings. The first-order valence-corrected chi connectivity index (χ1v) is 10.3. The third kappa shape index (κ3) is 3.06. The number of imide groups is 1. The molecule has 3 aliphatic rings. The number of carbonyl (C=O) groups excluding carboxylic acids is 2. The number of nitrogens with one attached hydrogen (secondary N) is 1. The fourth-order valence-electron chi connectivity index (χ4n) is 5.03. The number of benzene rings is 2. The zero-order valence-electron chi connectivity index (χ0n) is 16.9. The van der Waals surface area contributed by atoms with Crippen molar-refractivity contribution in [2.24, 2.45) is 23.7 Å². The first-order valence-electron chi connectivity index (χ1n) is 10.3. The van der Waals surface area contributed by atoms with Gasteiger partial charge in [-0.05, 0) is 61.6 Å². The Hall–Kier alpha value is -3.68. The minimum atomic E-state index is -0.516. The number of nitrogens with zero attached hydrogens (tertiary/aromatic N) is 2. The number of fused-ring (bicyclic) bond motifs is 5. The maximum atomic E-state index is 13.0. The summed E-state index contributed by atoms with van der Waals surface area (Å²) in [5, 5.41) is 14.8. The monoisotopic (exact) mass is 419 g/mol. The van der Waals surface area contributed by atoms with E-state index in [-0.39, 0.29) is 52.5 Å². The Labute approximate surface area is 178 Å². The fourth-order valence-corrected chi connectivity index (χ4v) is 5.03. The SMILES string of the molecule is CCOc1ccc(Nc2ccc(N3C(=O)[C@H]4[C@H](C3=O)[C@H]3C=C[C@H]4C3)cc2[N+](=O)[O-])cc1. The number of amides is 2. The van der Waals surface area contributed by atoms with Gasteiger partial charge in [0.15, 0.2) is 0 Å². The van der Waals surface area contributed by atoms with Crippen molar-refractivity contribution in [2.45, 2.75) is 13.3 Å². The molecule has 0 radical (unpaired) electrons. The van der Waals surface area contributed by atoms with Crippen LogP contribution in [0.1, 0.15) is 13.3 Å². The Kier molecular flexibility index (Phi) is 4.50. The molecule has 2 aromatic carbocycles. The Morgan fingerprint density at radius 1 is 1.06 bits per heavy atom. The molecule has 1 saturated heterocycles. The van der Waals surface area contributed by atoms with Gasteiger partial charge >= 0.3 is 0 Å². The Morgan fingerprint density at radius 3 is 2.29 bits per heavy atom. The molecule has 1 saturated carbocycles. The van der Waals surface area contributed by atoms with E-state index >= 15 is 0 Å². The van der Waals surface area contributed by atoms with Crippen LogP contribution in [-0.4, -0.2) is 23.3 Å². The summed E-state index contributed by atoms with van der Waals surface area (Å²) < 4.78 is 5.41. The molecule has 8 heteroatoms. The molecule has 2 amide bonds. The van der Waals surface area contributed by atoms with Gasteiger partial charge in [0.25, 0.3) is 5.69 Å². The van der Waals surface area contributed by atoms with Gasteiger partial charge in [-0.25, -0.2) is 4.90 Å². The molecule has 0 unspecified atom stereocenters. The first kappa shape index (κ1) is 19.3. The number of carbonyl (C=O) groups is 2. The van der Waals surface area contributed by atoms with E-state index in [1.165, 1.54) is 12.1 Å². The molecule has 8 nitrogen and oxygen atoms in total. The highest BCUT2D eigenvalue weighted by atomic mass is 16.6. The average molecular weight is 419 g/mol. The van der Waals surface area contributed by atoms with Gasteiger partial charge in [-0.1, -0.05) is 12.2 Å². The molecule has 158 valence electrons. The highest BCUT2D eigenvalue weighted by Crippen LogP contribution is 2.53. The van der Waals surface area contributed by atoms with Crippen molar-refractivity contribution in [3.63, 3.8) is 0 Å². The summed E-state index contributed by atoms with van der Waals surface area (Å²) in [6.07, 6.45) is 4.88. The van der Waals surface area contributed by atoms with Crippen LogP contribution < -0.4 is 15.0 Å². The Balaban J connectivity index is 1.43. The van der Waals surface area contributed by atoms with Gasteiger partial charge in [-0.15, -0.1) is 0 Å². The van der Waals surface area contributed by atoms with Crippen LogP contribution in [0.4, 0.5) is 22.7 Å². The topological polar surface area (TPSA) is 102 Å². The number of allylic oxidation sites excluding steroid dienone is 2. The van der Waals surface area contributed by atoms with Crippen molar-refractivity contribution < 1.29 is 19.2 Å². The molecule has 2 fully saturated rings. The van der Waals surface area contributed by atoms with Gasteiger partial charge in [-0.3, -0.25) is 19.7 Å². The summed E-state index contributed by atoms with van der Waals surface area (Å²) in [5.41, 5.74) is 0.974. The van der Waals surface area contributed by atoms with Crippen molar-refractivity contribution in [1.82, 2.24) is 0 Å². The molecule has 5 rings (SSSR count). The number of hydrogen-bond donors (Lipinski definition) is 1. The predicted octanol–water partition coefficient (Wildman–Crippen LogP) is 4.05. The predicted molar refractivity (Wildman–Crippen MR) is 114 cm³/mol. The fraction of sp³-hybridized carbons (Fsp3) is 0.304. The summed E-state index contributed by atoms with van der Waals surface area (Å²) in [6.45, 7) is 2.44. The number of nitro benzene ring substituents is 1. The van der Waals surface area contributed by atoms with Crippen LogP contribution in [0.2, 0.25) is 0 Å². The minimum Gasteiger partial charge on any atom is -0.494 e. The van der Waals surface area contributed by atoms with Crippen LogP contribution in [-0.2, 0) is 9.59 Å². The second-order valence-corrected chi connectivity index (χ2v) is 8.05. The highest BCUT2D eigenvalue weighted by Gasteiger charge is 2.59. The summed E-state index contributed by atoms with van der Waals surface area (Å²) in [6, 6.07) is 11.5. The first-order chi connectivity index (χ1) is 15.0. The van der Waals surface area contributed by atoms with E-state index in [1.807, 2.05) is 19.1 Å². The second-order valence-electron chi connectivity index (χ2n) is 8.05. The number of hydrogen-bond acceptors (Lipinski definition) is 6. The van der Waals surface area contributed by atoms with Gasteiger partial charge in [-0.2, -0.15) is 0 Å². The summed E-state index contributed by atoms with van der Waals surface area (Å²) in [4.78, 5) is 38.4. The number of rotatable bonds is 6. The highest BCUT2D eigenvalue weighted by molar-refractivity contribution is 6.23. The van der Waals surface area contributed by atoms with E-state index in [4.69, 9.17) is 4.74 Å². The second kappa shape index (κ2) is 7.23. The molecule has 1 heterocycles. The maximum absolute atomic E-state index is 13.0. The smallest absolute Gasteiger partial charge is 0.294 e. The third-order valence-electron chi connectivity index (χ3n) is 6.35. The van der Waals surface area contributed by atoms with Gasteiger partial charge in [0, 0.05) is 11.8 Å². The number of nitro groups is 1. The summed E-state index contributed by atoms with van der Waals surface area (Å²) in [5.74, 6) is -0.315. The normalized spacial score (nSPS) is 25.8. The van der Waals surface area contributed by atoms with E-state index < -0.39 is 4.92 Å². The van der Waals surface area contributed by atoms with Gasteiger partial charge in [0.2, 0.25) is 11.8 Å². The van der Waals surface area contributed by atoms with Crippen LogP contribution in [0.3, 0.4) is 0 Å². The van der Waals surface area contributed by atoms with Crippen LogP contribution in [0, 0.1) is 33.8 Å². The van der Waals surface area contributed by atoms with Crippen LogP contribution in [0.15, 0.2) is 54.6 Å². The molecule has 0 spiro atoms. The lowest BCUT2D eigenvalue weighted by atomic mass is 9.85. The lowest BCUT2D eigenvalue weighted by molar-refractivity contribution is -0.383. The van der Waals surface area contributed by atoms with Crippen molar-refractivity contribution in [2.75, 3.05) is 16.8 Å². The quantitative estimate of drug-likeness (QED) is 0.328. The lowest BCUT2D eigenvalue weighted by Gasteiger charge is -2.18. The number of ether oxygens (including phenoxy) is 1. The summed E-state index contributed by atoms with van der Waals surface area (Å²) in [7, 11) is 0.